The molecule has 0 fully saturated rings. The lowest BCUT2D eigenvalue weighted by atomic mass is 10.1. The van der Waals surface area contributed by atoms with Crippen LogP contribution in [0.2, 0.25) is 0 Å². The van der Waals surface area contributed by atoms with Crippen molar-refractivity contribution in [3.63, 3.8) is 0 Å². The lowest BCUT2D eigenvalue weighted by Crippen LogP contribution is -2.48. The van der Waals surface area contributed by atoms with Crippen LogP contribution in [0, 0.1) is 6.92 Å². The zero-order chi connectivity index (χ0) is 21.6. The molecule has 0 aliphatic heterocycles. The summed E-state index contributed by atoms with van der Waals surface area (Å²) in [5.74, 6) is 0. The minimum atomic E-state index is -3.58. The summed E-state index contributed by atoms with van der Waals surface area (Å²) in [6.07, 6.45) is 0. The van der Waals surface area contributed by atoms with Crippen molar-refractivity contribution in [1.29, 1.82) is 0 Å². The molecule has 0 heterocycles. The quantitative estimate of drug-likeness (QED) is 0.541. The molecule has 0 amide bonds. The third-order valence-electron chi connectivity index (χ3n) is 5.43. The van der Waals surface area contributed by atoms with Gasteiger partial charge in [-0.2, -0.15) is 0 Å². The second-order valence-corrected chi connectivity index (χ2v) is 9.55. The fourth-order valence-electron chi connectivity index (χ4n) is 3.42. The maximum atomic E-state index is 12.9. The topological polar surface area (TPSA) is 49.4 Å². The molecule has 3 rings (SSSR count). The third-order valence-corrected chi connectivity index (χ3v) is 7.00. The lowest BCUT2D eigenvalue weighted by molar-refractivity contribution is 0.166. The predicted molar refractivity (Wildman–Crippen MR) is 123 cm³/mol. The summed E-state index contributed by atoms with van der Waals surface area (Å²) in [6, 6.07) is 27.2. The molecule has 0 aliphatic carbocycles. The number of nitrogens with zero attached hydrogens (tertiary/aromatic N) is 1. The summed E-state index contributed by atoms with van der Waals surface area (Å²) in [6.45, 7) is 7.44. The number of sulfonamides is 1. The Morgan fingerprint density at radius 1 is 0.767 bits per heavy atom. The zero-order valence-corrected chi connectivity index (χ0v) is 18.6. The van der Waals surface area contributed by atoms with E-state index in [4.69, 9.17) is 0 Å². The van der Waals surface area contributed by atoms with Gasteiger partial charge in [0.1, 0.15) is 0 Å². The van der Waals surface area contributed by atoms with Gasteiger partial charge < -0.3 is 0 Å². The van der Waals surface area contributed by atoms with Gasteiger partial charge in [-0.25, -0.2) is 13.1 Å². The molecule has 0 unspecified atom stereocenters. The standard InChI is InChI=1S/C25H30N2O2S/c1-20-14-16-25(17-15-20)30(28,29)26-21(2)22(3)27(18-23-10-6-4-7-11-23)19-24-12-8-5-9-13-24/h4-17,21-22,26H,18-19H2,1-3H3/t21-,22+/m1/s1. The Labute approximate surface area is 180 Å². The Morgan fingerprint density at radius 3 is 1.70 bits per heavy atom. The van der Waals surface area contributed by atoms with Crippen molar-refractivity contribution in [1.82, 2.24) is 9.62 Å². The SMILES string of the molecule is Cc1ccc(S(=O)(=O)N[C@H](C)[C@H](C)N(Cc2ccccc2)Cc2ccccc2)cc1. The molecule has 3 aromatic carbocycles. The molecule has 4 nitrogen and oxygen atoms in total. The van der Waals surface area contributed by atoms with Crippen LogP contribution in [0.1, 0.15) is 30.5 Å². The van der Waals surface area contributed by atoms with E-state index in [-0.39, 0.29) is 12.1 Å². The van der Waals surface area contributed by atoms with Gasteiger partial charge in [-0.3, -0.25) is 4.90 Å². The van der Waals surface area contributed by atoms with Crippen molar-refractivity contribution in [2.24, 2.45) is 0 Å². The molecule has 0 bridgehead atoms. The van der Waals surface area contributed by atoms with E-state index in [1.165, 1.54) is 11.1 Å². The molecule has 1 N–H and O–H groups in total. The monoisotopic (exact) mass is 422 g/mol. The van der Waals surface area contributed by atoms with Crippen molar-refractivity contribution >= 4 is 10.0 Å². The first kappa shape index (κ1) is 22.2. The van der Waals surface area contributed by atoms with E-state index in [2.05, 4.69) is 40.8 Å². The number of rotatable bonds is 9. The summed E-state index contributed by atoms with van der Waals surface area (Å²) in [7, 11) is -3.58. The number of aryl methyl sites for hydroxylation is 1. The first-order valence-corrected chi connectivity index (χ1v) is 11.7. The summed E-state index contributed by atoms with van der Waals surface area (Å²) in [5.41, 5.74) is 3.44. The number of hydrogen-bond acceptors (Lipinski definition) is 3. The molecular weight excluding hydrogens is 392 g/mol. The van der Waals surface area contributed by atoms with Crippen molar-refractivity contribution in [2.45, 2.75) is 50.8 Å². The van der Waals surface area contributed by atoms with Gasteiger partial charge >= 0.3 is 0 Å². The van der Waals surface area contributed by atoms with Gasteiger partial charge in [0.2, 0.25) is 10.0 Å². The van der Waals surface area contributed by atoms with Crippen LogP contribution in [0.4, 0.5) is 0 Å². The van der Waals surface area contributed by atoms with Gasteiger partial charge in [0, 0.05) is 25.2 Å². The van der Waals surface area contributed by atoms with Gasteiger partial charge in [0.15, 0.2) is 0 Å². The van der Waals surface area contributed by atoms with Gasteiger partial charge in [-0.1, -0.05) is 78.4 Å². The maximum absolute atomic E-state index is 12.9. The fourth-order valence-corrected chi connectivity index (χ4v) is 4.74. The van der Waals surface area contributed by atoms with E-state index in [1.807, 2.05) is 62.4 Å². The molecule has 0 saturated heterocycles. The molecule has 2 atom stereocenters. The van der Waals surface area contributed by atoms with E-state index in [1.54, 1.807) is 12.1 Å². The van der Waals surface area contributed by atoms with Crippen LogP contribution in [-0.4, -0.2) is 25.4 Å². The Balaban J connectivity index is 1.78. The van der Waals surface area contributed by atoms with Crippen molar-refractivity contribution in [3.05, 3.63) is 102 Å². The van der Waals surface area contributed by atoms with E-state index in [0.29, 0.717) is 4.90 Å². The molecule has 3 aromatic rings. The molecule has 0 aliphatic rings. The third kappa shape index (κ3) is 6.02. The number of hydrogen-bond donors (Lipinski definition) is 1. The van der Waals surface area contributed by atoms with Gasteiger partial charge in [-0.15, -0.1) is 0 Å². The van der Waals surface area contributed by atoms with Crippen LogP contribution in [0.5, 0.6) is 0 Å². The average molecular weight is 423 g/mol. The van der Waals surface area contributed by atoms with E-state index >= 15 is 0 Å². The molecule has 30 heavy (non-hydrogen) atoms. The van der Waals surface area contributed by atoms with Crippen LogP contribution in [-0.2, 0) is 23.1 Å². The average Bonchev–Trinajstić information content (AvgIpc) is 2.74. The molecule has 0 radical (unpaired) electrons. The number of nitrogens with one attached hydrogen (secondary N) is 1. The maximum Gasteiger partial charge on any atom is 0.240 e. The normalized spacial score (nSPS) is 13.9. The highest BCUT2D eigenvalue weighted by atomic mass is 32.2. The van der Waals surface area contributed by atoms with Crippen LogP contribution in [0.15, 0.2) is 89.8 Å². The summed E-state index contributed by atoms with van der Waals surface area (Å²) in [5, 5.41) is 0. The van der Waals surface area contributed by atoms with E-state index in [0.717, 1.165) is 18.7 Å². The number of benzene rings is 3. The largest absolute Gasteiger partial charge is 0.291 e. The van der Waals surface area contributed by atoms with Crippen LogP contribution in [0.25, 0.3) is 0 Å². The summed E-state index contributed by atoms with van der Waals surface area (Å²) >= 11 is 0. The highest BCUT2D eigenvalue weighted by Gasteiger charge is 2.25. The Morgan fingerprint density at radius 2 is 1.23 bits per heavy atom. The second kappa shape index (κ2) is 10.0. The minimum Gasteiger partial charge on any atom is -0.291 e. The van der Waals surface area contributed by atoms with Gasteiger partial charge in [0.25, 0.3) is 0 Å². The van der Waals surface area contributed by atoms with Gasteiger partial charge in [-0.05, 0) is 44.0 Å². The lowest BCUT2D eigenvalue weighted by Gasteiger charge is -2.33. The molecule has 0 aromatic heterocycles. The predicted octanol–water partition coefficient (Wildman–Crippen LogP) is 4.75. The molecule has 5 heteroatoms. The smallest absolute Gasteiger partial charge is 0.240 e. The highest BCUT2D eigenvalue weighted by Crippen LogP contribution is 2.17. The van der Waals surface area contributed by atoms with Crippen LogP contribution in [0.3, 0.4) is 0 Å². The summed E-state index contributed by atoms with van der Waals surface area (Å²) in [4.78, 5) is 2.61. The summed E-state index contributed by atoms with van der Waals surface area (Å²) < 4.78 is 28.6. The van der Waals surface area contributed by atoms with Crippen LogP contribution >= 0.6 is 0 Å². The Kier molecular flexibility index (Phi) is 7.43. The second-order valence-electron chi connectivity index (χ2n) is 7.84. The Hall–Kier alpha value is -2.47. The van der Waals surface area contributed by atoms with E-state index in [9.17, 15) is 8.42 Å². The Bertz CT molecular complexity index is 978. The van der Waals surface area contributed by atoms with Crippen LogP contribution < -0.4 is 4.72 Å². The fraction of sp³-hybridized carbons (Fsp3) is 0.280. The highest BCUT2D eigenvalue weighted by molar-refractivity contribution is 7.89. The minimum absolute atomic E-state index is 0.00867. The first-order valence-electron chi connectivity index (χ1n) is 10.3. The first-order chi connectivity index (χ1) is 14.3. The van der Waals surface area contributed by atoms with Crippen molar-refractivity contribution in [2.75, 3.05) is 0 Å². The zero-order valence-electron chi connectivity index (χ0n) is 17.8. The molecule has 158 valence electrons. The van der Waals surface area contributed by atoms with Crippen molar-refractivity contribution in [3.8, 4) is 0 Å². The molecular formula is C25H30N2O2S. The van der Waals surface area contributed by atoms with Crippen molar-refractivity contribution < 1.29 is 8.42 Å². The molecule has 0 spiro atoms. The molecule has 0 saturated carbocycles. The van der Waals surface area contributed by atoms with E-state index < -0.39 is 10.0 Å². The van der Waals surface area contributed by atoms with Gasteiger partial charge in [0.05, 0.1) is 4.90 Å².